The van der Waals surface area contributed by atoms with Crippen LogP contribution < -0.4 is 25.6 Å². The normalized spacial score (nSPS) is 24.9. The highest BCUT2D eigenvalue weighted by molar-refractivity contribution is 8.06. The Bertz CT molecular complexity index is 3660. The van der Waals surface area contributed by atoms with E-state index < -0.39 is 0 Å². The lowest BCUT2D eigenvalue weighted by Crippen LogP contribution is -2.56. The Balaban J connectivity index is 1.15. The number of fused-ring (bicyclic) bond motifs is 10. The molecule has 4 heterocycles. The standard InChI is InChI=1S/C73H86BN3S2/c1-43-21-20-24-59-62(43)77(54-22-18-19-23-58(54)78-59)46-39-56-61-57(40-46)76(45-26-28-48-50(38-45)69(8,9)32-30-67(48,4)5)63-60-64(73(16,17)36-35-72(60,14)15)79-65(63)74(61)53-41-51-52(71(12,13)34-33-70(51,10)11)42-55(53)75(56)44-25-27-47-49(37-44)68(6,7)31-29-66(47,2)3/h18-28,37-42,60,64H,29-36H2,1-17H3. The molecule has 0 spiro atoms. The zero-order chi connectivity index (χ0) is 55.7. The Kier molecular flexibility index (Phi) is 11.1. The van der Waals surface area contributed by atoms with Crippen molar-refractivity contribution in [3.05, 3.63) is 153 Å². The lowest BCUT2D eigenvalue weighted by atomic mass is 9.35. The quantitative estimate of drug-likeness (QED) is 0.163. The van der Waals surface area contributed by atoms with Crippen LogP contribution in [0.5, 0.6) is 0 Å². The SMILES string of the molecule is Cc1cccc2c1N(c1cc3c4c(c1)N(c1ccc5c(c1)C(C)(C)CCC5(C)C)c1cc5c(cc1B4C1=C(C4C(S1)C(C)(C)CCC4(C)C)N3c1ccc3c(c1)C(C)(C)CCC3(C)C)C(C)(C)CCC5(C)C)c1ccccc1S2. The highest BCUT2D eigenvalue weighted by atomic mass is 32.2. The number of thioether (sulfide) groups is 1. The minimum absolute atomic E-state index is 0.0325. The number of allylic oxidation sites excluding steroid dienone is 1. The second-order valence-corrected chi connectivity index (χ2v) is 33.6. The summed E-state index contributed by atoms with van der Waals surface area (Å²) in [6.45, 7) is 43.0. The van der Waals surface area contributed by atoms with Crippen molar-refractivity contribution in [3.63, 3.8) is 0 Å². The van der Waals surface area contributed by atoms with Crippen LogP contribution >= 0.6 is 23.5 Å². The van der Waals surface area contributed by atoms with Crippen LogP contribution in [-0.4, -0.2) is 12.0 Å². The number of aryl methyl sites for hydroxylation is 1. The molecule has 0 bridgehead atoms. The van der Waals surface area contributed by atoms with Crippen LogP contribution in [0.15, 0.2) is 123 Å². The lowest BCUT2D eigenvalue weighted by Gasteiger charge is -2.52. The average Bonchev–Trinajstić information content (AvgIpc) is 3.10. The minimum Gasteiger partial charge on any atom is -0.314 e. The van der Waals surface area contributed by atoms with Gasteiger partial charge < -0.3 is 14.7 Å². The van der Waals surface area contributed by atoms with Crippen molar-refractivity contribution in [3.8, 4) is 0 Å². The van der Waals surface area contributed by atoms with Gasteiger partial charge >= 0.3 is 0 Å². The fraction of sp³-hybridized carbons (Fsp3) is 0.479. The van der Waals surface area contributed by atoms with E-state index in [9.17, 15) is 0 Å². The molecule has 1 saturated carbocycles. The third kappa shape index (κ3) is 7.52. The Morgan fingerprint density at radius 3 is 1.51 bits per heavy atom. The van der Waals surface area contributed by atoms with Crippen LogP contribution in [0.3, 0.4) is 0 Å². The lowest BCUT2D eigenvalue weighted by molar-refractivity contribution is 0.0881. The fourth-order valence-corrected chi connectivity index (χ4v) is 19.9. The van der Waals surface area contributed by atoms with Crippen LogP contribution in [0.25, 0.3) is 0 Å². The first kappa shape index (κ1) is 52.3. The molecule has 0 saturated heterocycles. The average molecular weight is 1080 g/mol. The smallest absolute Gasteiger partial charge is 0.259 e. The maximum atomic E-state index is 2.91. The van der Waals surface area contributed by atoms with E-state index in [2.05, 4.69) is 247 Å². The summed E-state index contributed by atoms with van der Waals surface area (Å²) in [6, 6.07) is 42.5. The van der Waals surface area contributed by atoms with Crippen molar-refractivity contribution < 1.29 is 0 Å². The molecule has 1 fully saturated rings. The predicted molar refractivity (Wildman–Crippen MR) is 343 cm³/mol. The van der Waals surface area contributed by atoms with Gasteiger partial charge in [-0.25, -0.2) is 0 Å². The zero-order valence-electron chi connectivity index (χ0n) is 50.9. The van der Waals surface area contributed by atoms with Crippen LogP contribution in [-0.2, 0) is 32.5 Å². The van der Waals surface area contributed by atoms with Gasteiger partial charge in [0.05, 0.1) is 17.1 Å². The molecule has 2 unspecified atom stereocenters. The van der Waals surface area contributed by atoms with E-state index in [4.69, 9.17) is 0 Å². The minimum atomic E-state index is 0.0325. The van der Waals surface area contributed by atoms with Gasteiger partial charge in [0, 0.05) is 55.1 Å². The number of para-hydroxylation sites is 2. The fourth-order valence-electron chi connectivity index (χ4n) is 16.7. The summed E-state index contributed by atoms with van der Waals surface area (Å²) >= 11 is 4.21. The van der Waals surface area contributed by atoms with Crippen molar-refractivity contribution in [2.75, 3.05) is 14.7 Å². The maximum absolute atomic E-state index is 2.91. The van der Waals surface area contributed by atoms with Gasteiger partial charge in [-0.2, -0.15) is 0 Å². The summed E-state index contributed by atoms with van der Waals surface area (Å²) in [5, 5.41) is 0.440. The molecular formula is C73H86BN3S2. The first-order valence-electron chi connectivity index (χ1n) is 30.4. The monoisotopic (exact) mass is 1080 g/mol. The van der Waals surface area contributed by atoms with E-state index in [-0.39, 0.29) is 50.0 Å². The first-order valence-corrected chi connectivity index (χ1v) is 32.1. The molecule has 3 nitrogen and oxygen atoms in total. The van der Waals surface area contributed by atoms with Gasteiger partial charge in [0.2, 0.25) is 0 Å². The molecule has 0 aromatic heterocycles. The van der Waals surface area contributed by atoms with Gasteiger partial charge in [-0.15, -0.1) is 11.8 Å². The van der Waals surface area contributed by atoms with Gasteiger partial charge in [-0.05, 0) is 217 Å². The Morgan fingerprint density at radius 1 is 0.418 bits per heavy atom. The van der Waals surface area contributed by atoms with E-state index in [1.165, 1.54) is 151 Å². The number of nitrogens with zero attached hydrogens (tertiary/aromatic N) is 3. The number of rotatable bonds is 3. The van der Waals surface area contributed by atoms with Crippen LogP contribution in [0.1, 0.15) is 201 Å². The third-order valence-electron chi connectivity index (χ3n) is 22.3. The molecule has 2 atom stereocenters. The van der Waals surface area contributed by atoms with Crippen molar-refractivity contribution in [2.45, 2.75) is 217 Å². The summed E-state index contributed by atoms with van der Waals surface area (Å²) in [5.41, 5.74) is 26.0. The van der Waals surface area contributed by atoms with E-state index in [0.717, 1.165) is 0 Å². The summed E-state index contributed by atoms with van der Waals surface area (Å²) in [5.74, 6) is 0.354. The second-order valence-electron chi connectivity index (χ2n) is 31.3. The summed E-state index contributed by atoms with van der Waals surface area (Å²) < 4.78 is 0. The van der Waals surface area contributed by atoms with Gasteiger partial charge in [0.25, 0.3) is 6.71 Å². The molecular weight excluding hydrogens is 994 g/mol. The first-order chi connectivity index (χ1) is 37.0. The number of hydrogen-bond acceptors (Lipinski definition) is 5. The molecule has 6 heteroatoms. The van der Waals surface area contributed by atoms with E-state index in [0.29, 0.717) is 11.2 Å². The Labute approximate surface area is 484 Å². The van der Waals surface area contributed by atoms with Crippen LogP contribution in [0.2, 0.25) is 0 Å². The van der Waals surface area contributed by atoms with E-state index in [1.54, 1.807) is 16.1 Å². The molecule has 8 aliphatic rings. The molecule has 79 heavy (non-hydrogen) atoms. The maximum Gasteiger partial charge on any atom is 0.259 e. The van der Waals surface area contributed by atoms with E-state index >= 15 is 0 Å². The Morgan fingerprint density at radius 2 is 0.911 bits per heavy atom. The van der Waals surface area contributed by atoms with Gasteiger partial charge in [0.15, 0.2) is 0 Å². The molecule has 0 amide bonds. The summed E-state index contributed by atoms with van der Waals surface area (Å²) in [7, 11) is 0. The van der Waals surface area contributed by atoms with Crippen LogP contribution in [0, 0.1) is 23.7 Å². The van der Waals surface area contributed by atoms with E-state index in [1.807, 2.05) is 11.8 Å². The number of anilines is 8. The van der Waals surface area contributed by atoms with Crippen molar-refractivity contribution >= 4 is 86.7 Å². The largest absolute Gasteiger partial charge is 0.314 e. The molecule has 14 rings (SSSR count). The van der Waals surface area contributed by atoms with Crippen molar-refractivity contribution in [1.82, 2.24) is 0 Å². The van der Waals surface area contributed by atoms with Gasteiger partial charge in [-0.3, -0.25) is 0 Å². The molecule has 4 aliphatic carbocycles. The van der Waals surface area contributed by atoms with Gasteiger partial charge in [-0.1, -0.05) is 165 Å². The molecule has 0 N–H and O–H groups in total. The predicted octanol–water partition coefficient (Wildman–Crippen LogP) is 19.8. The molecule has 408 valence electrons. The molecule has 0 radical (unpaired) electrons. The van der Waals surface area contributed by atoms with Gasteiger partial charge in [0.1, 0.15) is 0 Å². The third-order valence-corrected chi connectivity index (χ3v) is 25.3. The van der Waals surface area contributed by atoms with Crippen molar-refractivity contribution in [2.24, 2.45) is 16.7 Å². The summed E-state index contributed by atoms with van der Waals surface area (Å²) in [4.78, 5) is 12.6. The highest BCUT2D eigenvalue weighted by Crippen LogP contribution is 2.67. The zero-order valence-corrected chi connectivity index (χ0v) is 52.5. The Hall–Kier alpha value is -4.78. The number of hydrogen-bond donors (Lipinski definition) is 0. The van der Waals surface area contributed by atoms with Crippen LogP contribution in [0.4, 0.5) is 45.5 Å². The summed E-state index contributed by atoms with van der Waals surface area (Å²) in [6.07, 6.45) is 9.57. The second kappa shape index (κ2) is 16.7. The number of benzene rings is 6. The van der Waals surface area contributed by atoms with Crippen molar-refractivity contribution in [1.29, 1.82) is 0 Å². The topological polar surface area (TPSA) is 9.72 Å². The molecule has 4 aliphatic heterocycles. The molecule has 6 aromatic carbocycles. The molecule has 6 aromatic rings. The highest BCUT2D eigenvalue weighted by Gasteiger charge is 2.60.